The number of nitrogens with zero attached hydrogens (tertiary/aromatic N) is 1. The Balaban J connectivity index is 2.05. The smallest absolute Gasteiger partial charge is 0.276 e. The lowest BCUT2D eigenvalue weighted by molar-refractivity contribution is 0.273. The summed E-state index contributed by atoms with van der Waals surface area (Å²) in [5.74, 6) is 0.127. The SMILES string of the molecule is Nc1nc2c(CC3=CC=COC3)c[nH]c2c(=O)[nH]1. The lowest BCUT2D eigenvalue weighted by atomic mass is 10.1. The van der Waals surface area contributed by atoms with Crippen LogP contribution < -0.4 is 11.3 Å². The molecule has 0 radical (unpaired) electrons. The Labute approximate surface area is 102 Å². The van der Waals surface area contributed by atoms with Crippen LogP contribution in [0.3, 0.4) is 0 Å². The summed E-state index contributed by atoms with van der Waals surface area (Å²) >= 11 is 0. The van der Waals surface area contributed by atoms with Gasteiger partial charge in [0.25, 0.3) is 5.56 Å². The summed E-state index contributed by atoms with van der Waals surface area (Å²) in [7, 11) is 0. The number of aromatic amines is 2. The summed E-state index contributed by atoms with van der Waals surface area (Å²) in [5, 5.41) is 0. The van der Waals surface area contributed by atoms with E-state index >= 15 is 0 Å². The molecule has 0 amide bonds. The summed E-state index contributed by atoms with van der Waals surface area (Å²) in [6.07, 6.45) is 7.96. The Morgan fingerprint density at radius 2 is 2.39 bits per heavy atom. The molecule has 0 aromatic carbocycles. The van der Waals surface area contributed by atoms with Crippen molar-refractivity contribution >= 4 is 17.0 Å². The number of nitrogens with one attached hydrogen (secondary N) is 2. The van der Waals surface area contributed by atoms with E-state index in [4.69, 9.17) is 10.5 Å². The van der Waals surface area contributed by atoms with Crippen molar-refractivity contribution in [1.82, 2.24) is 15.0 Å². The van der Waals surface area contributed by atoms with Crippen LogP contribution in [0, 0.1) is 0 Å². The van der Waals surface area contributed by atoms with Gasteiger partial charge in [0.15, 0.2) is 0 Å². The van der Waals surface area contributed by atoms with E-state index < -0.39 is 0 Å². The maximum atomic E-state index is 11.6. The van der Waals surface area contributed by atoms with E-state index in [1.54, 1.807) is 12.5 Å². The first-order valence-corrected chi connectivity index (χ1v) is 5.56. The molecule has 0 aliphatic carbocycles. The van der Waals surface area contributed by atoms with Gasteiger partial charge in [0.2, 0.25) is 5.95 Å². The Bertz CT molecular complexity index is 708. The number of ether oxygens (including phenoxy) is 1. The predicted molar refractivity (Wildman–Crippen MR) is 68.0 cm³/mol. The van der Waals surface area contributed by atoms with E-state index in [1.165, 1.54) is 0 Å². The molecule has 2 aromatic rings. The fourth-order valence-corrected chi connectivity index (χ4v) is 2.01. The van der Waals surface area contributed by atoms with Crippen LogP contribution in [0.2, 0.25) is 0 Å². The molecule has 1 aliphatic rings. The highest BCUT2D eigenvalue weighted by Crippen LogP contribution is 2.18. The van der Waals surface area contributed by atoms with Crippen molar-refractivity contribution in [3.8, 4) is 0 Å². The molecule has 92 valence electrons. The second kappa shape index (κ2) is 4.06. The van der Waals surface area contributed by atoms with Crippen molar-refractivity contribution < 1.29 is 4.74 Å². The molecular weight excluding hydrogens is 232 g/mol. The zero-order valence-corrected chi connectivity index (χ0v) is 9.56. The summed E-state index contributed by atoms with van der Waals surface area (Å²) < 4.78 is 5.22. The number of rotatable bonds is 2. The highest BCUT2D eigenvalue weighted by atomic mass is 16.5. The van der Waals surface area contributed by atoms with E-state index in [-0.39, 0.29) is 11.5 Å². The van der Waals surface area contributed by atoms with Crippen molar-refractivity contribution in [2.45, 2.75) is 6.42 Å². The Kier molecular flexibility index (Phi) is 2.40. The molecule has 0 spiro atoms. The number of nitrogens with two attached hydrogens (primary N) is 1. The van der Waals surface area contributed by atoms with E-state index in [2.05, 4.69) is 15.0 Å². The van der Waals surface area contributed by atoms with Crippen LogP contribution in [0.15, 0.2) is 35.0 Å². The van der Waals surface area contributed by atoms with Crippen LogP contribution >= 0.6 is 0 Å². The van der Waals surface area contributed by atoms with Crippen LogP contribution in [-0.2, 0) is 11.2 Å². The monoisotopic (exact) mass is 244 g/mol. The quantitative estimate of drug-likeness (QED) is 0.729. The molecular formula is C12H12N4O2. The minimum absolute atomic E-state index is 0.127. The molecule has 0 atom stereocenters. The van der Waals surface area contributed by atoms with E-state index in [0.717, 1.165) is 11.1 Å². The third-order valence-corrected chi connectivity index (χ3v) is 2.83. The topological polar surface area (TPSA) is 96.8 Å². The molecule has 3 rings (SSSR count). The van der Waals surface area contributed by atoms with Gasteiger partial charge in [-0.3, -0.25) is 9.78 Å². The van der Waals surface area contributed by atoms with Crippen LogP contribution in [-0.4, -0.2) is 21.6 Å². The number of nitrogen functional groups attached to an aromatic ring is 1. The number of allylic oxidation sites excluding steroid dienone is 2. The van der Waals surface area contributed by atoms with Crippen molar-refractivity contribution in [1.29, 1.82) is 0 Å². The molecule has 6 nitrogen and oxygen atoms in total. The molecule has 0 saturated heterocycles. The van der Waals surface area contributed by atoms with Crippen molar-refractivity contribution in [2.75, 3.05) is 12.3 Å². The predicted octanol–water partition coefficient (Wildman–Crippen LogP) is 0.846. The molecule has 1 aliphatic heterocycles. The lowest BCUT2D eigenvalue weighted by Crippen LogP contribution is -2.11. The molecule has 18 heavy (non-hydrogen) atoms. The molecule has 0 saturated carbocycles. The summed E-state index contributed by atoms with van der Waals surface area (Å²) in [6.45, 7) is 0.557. The van der Waals surface area contributed by atoms with Gasteiger partial charge in [-0.2, -0.15) is 0 Å². The highest BCUT2D eigenvalue weighted by molar-refractivity contribution is 5.79. The Morgan fingerprint density at radius 1 is 1.50 bits per heavy atom. The van der Waals surface area contributed by atoms with Gasteiger partial charge in [-0.25, -0.2) is 4.98 Å². The van der Waals surface area contributed by atoms with Crippen molar-refractivity contribution in [2.24, 2.45) is 0 Å². The number of aromatic nitrogens is 3. The van der Waals surface area contributed by atoms with Crippen molar-refractivity contribution in [3.05, 3.63) is 46.1 Å². The molecule has 3 heterocycles. The molecule has 0 fully saturated rings. The number of anilines is 1. The molecule has 6 heteroatoms. The van der Waals surface area contributed by atoms with Crippen LogP contribution in [0.25, 0.3) is 11.0 Å². The minimum atomic E-state index is -0.252. The summed E-state index contributed by atoms with van der Waals surface area (Å²) in [6, 6.07) is 0. The van der Waals surface area contributed by atoms with Gasteiger partial charge in [-0.05, 0) is 11.6 Å². The number of hydrogen-bond donors (Lipinski definition) is 3. The second-order valence-electron chi connectivity index (χ2n) is 4.13. The van der Waals surface area contributed by atoms with Gasteiger partial charge in [-0.15, -0.1) is 0 Å². The molecule has 4 N–H and O–H groups in total. The minimum Gasteiger partial charge on any atom is -0.497 e. The maximum Gasteiger partial charge on any atom is 0.276 e. The first-order chi connectivity index (χ1) is 8.74. The van der Waals surface area contributed by atoms with Gasteiger partial charge in [0.05, 0.1) is 6.26 Å². The van der Waals surface area contributed by atoms with Gasteiger partial charge < -0.3 is 15.5 Å². The Morgan fingerprint density at radius 3 is 3.17 bits per heavy atom. The molecule has 0 unspecified atom stereocenters. The van der Waals surface area contributed by atoms with E-state index in [9.17, 15) is 4.79 Å². The molecule has 0 bridgehead atoms. The molecule has 2 aromatic heterocycles. The maximum absolute atomic E-state index is 11.6. The normalized spacial score (nSPS) is 14.6. The van der Waals surface area contributed by atoms with E-state index in [0.29, 0.717) is 24.1 Å². The third-order valence-electron chi connectivity index (χ3n) is 2.83. The first kappa shape index (κ1) is 10.6. The average molecular weight is 244 g/mol. The van der Waals surface area contributed by atoms with Gasteiger partial charge in [0.1, 0.15) is 17.6 Å². The zero-order valence-electron chi connectivity index (χ0n) is 9.56. The van der Waals surface area contributed by atoms with Crippen LogP contribution in [0.5, 0.6) is 0 Å². The van der Waals surface area contributed by atoms with Gasteiger partial charge in [0, 0.05) is 18.2 Å². The number of hydrogen-bond acceptors (Lipinski definition) is 4. The fraction of sp³-hybridized carbons (Fsp3) is 0.167. The number of H-pyrrole nitrogens is 2. The highest BCUT2D eigenvalue weighted by Gasteiger charge is 2.11. The lowest BCUT2D eigenvalue weighted by Gasteiger charge is -2.09. The third kappa shape index (κ3) is 1.77. The number of fused-ring (bicyclic) bond motifs is 1. The fourth-order valence-electron chi connectivity index (χ4n) is 2.01. The standard InChI is InChI=1S/C12H12N4O2/c13-12-15-9-8(4-7-2-1-3-18-6-7)5-14-10(9)11(17)16-12/h1-3,5,14H,4,6H2,(H3,13,15,16,17). The first-order valence-electron chi connectivity index (χ1n) is 5.56. The van der Waals surface area contributed by atoms with E-state index in [1.807, 2.05) is 12.2 Å². The Hall–Kier alpha value is -2.50. The van der Waals surface area contributed by atoms with Crippen molar-refractivity contribution in [3.63, 3.8) is 0 Å². The van der Waals surface area contributed by atoms with Gasteiger partial charge >= 0.3 is 0 Å². The van der Waals surface area contributed by atoms with Gasteiger partial charge in [-0.1, -0.05) is 6.08 Å². The average Bonchev–Trinajstić information content (AvgIpc) is 2.74. The summed E-state index contributed by atoms with van der Waals surface area (Å²) in [4.78, 5) is 21.2. The van der Waals surface area contributed by atoms with Crippen LogP contribution in [0.4, 0.5) is 5.95 Å². The zero-order chi connectivity index (χ0) is 12.5. The van der Waals surface area contributed by atoms with Crippen LogP contribution in [0.1, 0.15) is 5.56 Å². The second-order valence-corrected chi connectivity index (χ2v) is 4.13. The summed E-state index contributed by atoms with van der Waals surface area (Å²) in [5.41, 5.74) is 8.43. The largest absolute Gasteiger partial charge is 0.497 e.